The summed E-state index contributed by atoms with van der Waals surface area (Å²) in [4.78, 5) is 6.76. The van der Waals surface area contributed by atoms with Crippen LogP contribution in [0.2, 0.25) is 0 Å². The first-order valence-corrected chi connectivity index (χ1v) is 6.77. The predicted octanol–water partition coefficient (Wildman–Crippen LogP) is 1.66. The Hall–Kier alpha value is -1.13. The fourth-order valence-electron chi connectivity index (χ4n) is 2.56. The summed E-state index contributed by atoms with van der Waals surface area (Å²) in [6.45, 7) is 6.61. The molecular weight excluding hydrogens is 226 g/mol. The van der Waals surface area contributed by atoms with E-state index in [0.29, 0.717) is 11.9 Å². The minimum absolute atomic E-state index is 0.673. The lowest BCUT2D eigenvalue weighted by Crippen LogP contribution is -2.37. The van der Waals surface area contributed by atoms with Crippen LogP contribution in [-0.4, -0.2) is 42.7 Å². The van der Waals surface area contributed by atoms with Gasteiger partial charge in [0.2, 0.25) is 5.88 Å². The van der Waals surface area contributed by atoms with Gasteiger partial charge in [-0.25, -0.2) is 4.98 Å². The Bertz CT molecular complexity index is 353. The maximum absolute atomic E-state index is 5.05. The van der Waals surface area contributed by atoms with Gasteiger partial charge in [-0.3, -0.25) is 4.90 Å². The van der Waals surface area contributed by atoms with E-state index in [4.69, 9.17) is 4.74 Å². The molecule has 0 bridgehead atoms. The van der Waals surface area contributed by atoms with E-state index in [0.717, 1.165) is 19.6 Å². The number of likely N-dealkylation sites (tertiary alicyclic amines) is 1. The molecule has 1 aromatic heterocycles. The van der Waals surface area contributed by atoms with Crippen LogP contribution in [0.25, 0.3) is 0 Å². The van der Waals surface area contributed by atoms with Gasteiger partial charge in [-0.2, -0.15) is 0 Å². The van der Waals surface area contributed by atoms with E-state index in [2.05, 4.69) is 28.2 Å². The number of likely N-dealkylation sites (N-methyl/N-ethyl adjacent to an activating group) is 1. The summed E-state index contributed by atoms with van der Waals surface area (Å²) in [6, 6.07) is 4.68. The fraction of sp³-hybridized carbons (Fsp3) is 0.643. The number of hydrogen-bond donors (Lipinski definition) is 1. The van der Waals surface area contributed by atoms with Gasteiger partial charge in [-0.15, -0.1) is 0 Å². The number of aromatic nitrogens is 1. The van der Waals surface area contributed by atoms with Gasteiger partial charge in [0.15, 0.2) is 0 Å². The number of pyridine rings is 1. The Kier molecular flexibility index (Phi) is 4.96. The second-order valence-electron chi connectivity index (χ2n) is 4.76. The molecule has 1 atom stereocenters. The lowest BCUT2D eigenvalue weighted by atomic mass is 10.2. The summed E-state index contributed by atoms with van der Waals surface area (Å²) in [5.74, 6) is 0.673. The minimum atomic E-state index is 0.673. The van der Waals surface area contributed by atoms with Gasteiger partial charge in [0.1, 0.15) is 0 Å². The van der Waals surface area contributed by atoms with Gasteiger partial charge < -0.3 is 10.1 Å². The van der Waals surface area contributed by atoms with E-state index in [1.165, 1.54) is 24.9 Å². The quantitative estimate of drug-likeness (QED) is 0.832. The first-order chi connectivity index (χ1) is 8.83. The molecule has 1 aliphatic heterocycles. The van der Waals surface area contributed by atoms with Crippen LogP contribution in [-0.2, 0) is 6.54 Å². The Morgan fingerprint density at radius 3 is 3.06 bits per heavy atom. The molecular formula is C14H23N3O. The van der Waals surface area contributed by atoms with Crippen molar-refractivity contribution in [2.45, 2.75) is 32.4 Å². The first kappa shape index (κ1) is 13.3. The summed E-state index contributed by atoms with van der Waals surface area (Å²) in [5, 5.41) is 3.52. The van der Waals surface area contributed by atoms with Gasteiger partial charge in [0, 0.05) is 31.4 Å². The molecule has 1 fully saturated rings. The fourth-order valence-corrected chi connectivity index (χ4v) is 2.56. The number of ether oxygens (including phenoxy) is 1. The number of hydrogen-bond acceptors (Lipinski definition) is 4. The lowest BCUT2D eigenvalue weighted by Gasteiger charge is -2.22. The molecule has 1 unspecified atom stereocenters. The molecule has 0 saturated carbocycles. The van der Waals surface area contributed by atoms with Crippen molar-refractivity contribution in [2.75, 3.05) is 26.7 Å². The summed E-state index contributed by atoms with van der Waals surface area (Å²) in [6.07, 6.45) is 4.53. The normalized spacial score (nSPS) is 20.2. The zero-order valence-electron chi connectivity index (χ0n) is 11.4. The molecule has 4 nitrogen and oxygen atoms in total. The predicted molar refractivity (Wildman–Crippen MR) is 72.8 cm³/mol. The van der Waals surface area contributed by atoms with Crippen molar-refractivity contribution in [2.24, 2.45) is 0 Å². The molecule has 18 heavy (non-hydrogen) atoms. The summed E-state index contributed by atoms with van der Waals surface area (Å²) in [5.41, 5.74) is 1.21. The largest absolute Gasteiger partial charge is 0.481 e. The van der Waals surface area contributed by atoms with Crippen molar-refractivity contribution >= 4 is 0 Å². The second kappa shape index (κ2) is 6.71. The second-order valence-corrected chi connectivity index (χ2v) is 4.76. The molecule has 0 amide bonds. The van der Waals surface area contributed by atoms with Gasteiger partial charge in [-0.05, 0) is 31.5 Å². The van der Waals surface area contributed by atoms with Gasteiger partial charge in [-0.1, -0.05) is 13.0 Å². The van der Waals surface area contributed by atoms with E-state index in [1.807, 2.05) is 12.3 Å². The molecule has 4 heteroatoms. The van der Waals surface area contributed by atoms with Gasteiger partial charge in [0.05, 0.1) is 7.11 Å². The third-order valence-corrected chi connectivity index (χ3v) is 3.62. The third kappa shape index (κ3) is 3.43. The van der Waals surface area contributed by atoms with Crippen molar-refractivity contribution in [1.82, 2.24) is 15.2 Å². The van der Waals surface area contributed by atoms with Gasteiger partial charge in [0.25, 0.3) is 0 Å². The number of rotatable bonds is 6. The highest BCUT2D eigenvalue weighted by Crippen LogP contribution is 2.15. The maximum Gasteiger partial charge on any atom is 0.212 e. The van der Waals surface area contributed by atoms with Crippen LogP contribution < -0.4 is 10.1 Å². The molecule has 1 N–H and O–H groups in total. The van der Waals surface area contributed by atoms with E-state index in [9.17, 15) is 0 Å². The third-order valence-electron chi connectivity index (χ3n) is 3.62. The first-order valence-electron chi connectivity index (χ1n) is 6.77. The number of nitrogens with zero attached hydrogens (tertiary/aromatic N) is 2. The standard InChI is InChI=1S/C14H23N3O/c1-3-17-8-4-5-13(17)11-15-9-12-6-7-14(18-2)16-10-12/h6-7,10,13,15H,3-5,8-9,11H2,1-2H3. The van der Waals surface area contributed by atoms with Crippen LogP contribution in [0.15, 0.2) is 18.3 Å². The van der Waals surface area contributed by atoms with Crippen LogP contribution in [0.4, 0.5) is 0 Å². The summed E-state index contributed by atoms with van der Waals surface area (Å²) in [7, 11) is 1.64. The number of nitrogens with one attached hydrogen (secondary N) is 1. The van der Waals surface area contributed by atoms with Crippen molar-refractivity contribution in [3.05, 3.63) is 23.9 Å². The molecule has 2 heterocycles. The average Bonchev–Trinajstić information content (AvgIpc) is 2.87. The smallest absolute Gasteiger partial charge is 0.212 e. The molecule has 0 spiro atoms. The summed E-state index contributed by atoms with van der Waals surface area (Å²) >= 11 is 0. The summed E-state index contributed by atoms with van der Waals surface area (Å²) < 4.78 is 5.05. The highest BCUT2D eigenvalue weighted by atomic mass is 16.5. The van der Waals surface area contributed by atoms with Crippen molar-refractivity contribution < 1.29 is 4.74 Å². The SMILES string of the molecule is CCN1CCCC1CNCc1ccc(OC)nc1. The zero-order chi connectivity index (χ0) is 12.8. The zero-order valence-corrected chi connectivity index (χ0v) is 11.4. The van der Waals surface area contributed by atoms with Crippen molar-refractivity contribution in [3.8, 4) is 5.88 Å². The Labute approximate surface area is 109 Å². The monoisotopic (exact) mass is 249 g/mol. The molecule has 1 aromatic rings. The maximum atomic E-state index is 5.05. The van der Waals surface area contributed by atoms with E-state index in [1.54, 1.807) is 7.11 Å². The van der Waals surface area contributed by atoms with Crippen LogP contribution in [0.3, 0.4) is 0 Å². The number of methoxy groups -OCH3 is 1. The highest BCUT2D eigenvalue weighted by molar-refractivity contribution is 5.17. The molecule has 0 aliphatic carbocycles. The van der Waals surface area contributed by atoms with Crippen molar-refractivity contribution in [3.63, 3.8) is 0 Å². The molecule has 100 valence electrons. The Balaban J connectivity index is 1.74. The topological polar surface area (TPSA) is 37.4 Å². The van der Waals surface area contributed by atoms with E-state index >= 15 is 0 Å². The van der Waals surface area contributed by atoms with Gasteiger partial charge >= 0.3 is 0 Å². The van der Waals surface area contributed by atoms with E-state index in [-0.39, 0.29) is 0 Å². The van der Waals surface area contributed by atoms with Crippen molar-refractivity contribution in [1.29, 1.82) is 0 Å². The van der Waals surface area contributed by atoms with Crippen LogP contribution in [0.5, 0.6) is 5.88 Å². The van der Waals surface area contributed by atoms with E-state index < -0.39 is 0 Å². The molecule has 0 aromatic carbocycles. The minimum Gasteiger partial charge on any atom is -0.481 e. The van der Waals surface area contributed by atoms with Crippen LogP contribution >= 0.6 is 0 Å². The molecule has 1 saturated heterocycles. The molecule has 0 radical (unpaired) electrons. The lowest BCUT2D eigenvalue weighted by molar-refractivity contribution is 0.260. The van der Waals surface area contributed by atoms with Crippen LogP contribution in [0.1, 0.15) is 25.3 Å². The molecule has 2 rings (SSSR count). The van der Waals surface area contributed by atoms with Crippen LogP contribution in [0, 0.1) is 0 Å². The Morgan fingerprint density at radius 1 is 1.50 bits per heavy atom. The molecule has 1 aliphatic rings. The highest BCUT2D eigenvalue weighted by Gasteiger charge is 2.21. The Morgan fingerprint density at radius 2 is 2.39 bits per heavy atom. The average molecular weight is 249 g/mol.